The van der Waals surface area contributed by atoms with E-state index in [-0.39, 0.29) is 12.1 Å². The fraction of sp³-hybridized carbons (Fsp3) is 0.533. The molecular weight excluding hydrogens is 240 g/mol. The van der Waals surface area contributed by atoms with Crippen molar-refractivity contribution >= 4 is 11.7 Å². The zero-order chi connectivity index (χ0) is 14.6. The van der Waals surface area contributed by atoms with Gasteiger partial charge >= 0.3 is 6.03 Å². The van der Waals surface area contributed by atoms with Gasteiger partial charge in [-0.05, 0) is 37.5 Å². The molecule has 1 aromatic carbocycles. The molecule has 0 aliphatic rings. The highest BCUT2D eigenvalue weighted by atomic mass is 16.3. The molecule has 4 heteroatoms. The molecule has 106 valence electrons. The number of nitrogens with zero attached hydrogens (tertiary/aromatic N) is 1. The van der Waals surface area contributed by atoms with Crippen molar-refractivity contribution in [3.8, 4) is 0 Å². The maximum Gasteiger partial charge on any atom is 0.321 e. The van der Waals surface area contributed by atoms with Crippen LogP contribution in [0.25, 0.3) is 0 Å². The van der Waals surface area contributed by atoms with E-state index in [2.05, 4.69) is 19.2 Å². The van der Waals surface area contributed by atoms with Crippen LogP contribution in [0.4, 0.5) is 10.5 Å². The lowest BCUT2D eigenvalue weighted by atomic mass is 10.1. The minimum atomic E-state index is -0.538. The lowest BCUT2D eigenvalue weighted by Crippen LogP contribution is -2.40. The van der Waals surface area contributed by atoms with Gasteiger partial charge in [-0.2, -0.15) is 0 Å². The van der Waals surface area contributed by atoms with Gasteiger partial charge in [0.25, 0.3) is 0 Å². The molecule has 0 spiro atoms. The Bertz CT molecular complexity index is 430. The quantitative estimate of drug-likeness (QED) is 0.877. The molecule has 0 aliphatic heterocycles. The van der Waals surface area contributed by atoms with Gasteiger partial charge in [-0.15, -0.1) is 0 Å². The van der Waals surface area contributed by atoms with Gasteiger partial charge < -0.3 is 15.3 Å². The Morgan fingerprint density at radius 3 is 2.42 bits per heavy atom. The van der Waals surface area contributed by atoms with Gasteiger partial charge in [0.2, 0.25) is 0 Å². The van der Waals surface area contributed by atoms with Gasteiger partial charge in [0.1, 0.15) is 0 Å². The van der Waals surface area contributed by atoms with Gasteiger partial charge in [0.15, 0.2) is 0 Å². The largest absolute Gasteiger partial charge is 0.389 e. The van der Waals surface area contributed by atoms with E-state index in [1.807, 2.05) is 25.1 Å². The first kappa shape index (κ1) is 15.5. The van der Waals surface area contributed by atoms with Crippen molar-refractivity contribution in [2.75, 3.05) is 12.4 Å². The van der Waals surface area contributed by atoms with Gasteiger partial charge in [0, 0.05) is 18.8 Å². The zero-order valence-corrected chi connectivity index (χ0v) is 12.3. The Morgan fingerprint density at radius 1 is 1.26 bits per heavy atom. The van der Waals surface area contributed by atoms with Crippen molar-refractivity contribution in [2.45, 2.75) is 39.8 Å². The molecule has 0 saturated heterocycles. The molecule has 4 nitrogen and oxygen atoms in total. The minimum Gasteiger partial charge on any atom is -0.389 e. The van der Waals surface area contributed by atoms with Crippen LogP contribution in [0, 0.1) is 5.92 Å². The van der Waals surface area contributed by atoms with Crippen LogP contribution in [0.5, 0.6) is 0 Å². The van der Waals surface area contributed by atoms with E-state index in [0.29, 0.717) is 11.6 Å². The summed E-state index contributed by atoms with van der Waals surface area (Å²) in [6.45, 7) is 7.90. The third kappa shape index (κ3) is 4.24. The number of benzene rings is 1. The summed E-state index contributed by atoms with van der Waals surface area (Å²) in [5.74, 6) is 0.402. The third-order valence-electron chi connectivity index (χ3n) is 3.52. The average Bonchev–Trinajstić information content (AvgIpc) is 2.37. The summed E-state index contributed by atoms with van der Waals surface area (Å²) in [6, 6.07) is 7.29. The van der Waals surface area contributed by atoms with Crippen molar-refractivity contribution in [3.63, 3.8) is 0 Å². The van der Waals surface area contributed by atoms with E-state index < -0.39 is 6.10 Å². The maximum absolute atomic E-state index is 12.1. The fourth-order valence-corrected chi connectivity index (χ4v) is 1.72. The first-order chi connectivity index (χ1) is 8.82. The topological polar surface area (TPSA) is 52.6 Å². The predicted molar refractivity (Wildman–Crippen MR) is 78.2 cm³/mol. The monoisotopic (exact) mass is 264 g/mol. The third-order valence-corrected chi connectivity index (χ3v) is 3.52. The first-order valence-corrected chi connectivity index (χ1v) is 6.64. The fourth-order valence-electron chi connectivity index (χ4n) is 1.72. The summed E-state index contributed by atoms with van der Waals surface area (Å²) >= 11 is 0. The molecule has 0 bridgehead atoms. The Labute approximate surface area is 115 Å². The predicted octanol–water partition coefficient (Wildman–Crippen LogP) is 3.25. The number of aliphatic hydroxyl groups is 1. The molecule has 0 radical (unpaired) electrons. The van der Waals surface area contributed by atoms with Crippen LogP contribution in [0.2, 0.25) is 0 Å². The van der Waals surface area contributed by atoms with Gasteiger partial charge in [-0.1, -0.05) is 26.0 Å². The Balaban J connectivity index is 2.74. The standard InChI is InChI=1S/C15H24N2O2/c1-10(2)11(3)17(5)15(19)16-14-8-6-7-13(9-14)12(4)18/h6-12,18H,1-5H3,(H,16,19). The van der Waals surface area contributed by atoms with E-state index >= 15 is 0 Å². The van der Waals surface area contributed by atoms with Crippen molar-refractivity contribution in [1.82, 2.24) is 4.90 Å². The molecule has 0 heterocycles. The van der Waals surface area contributed by atoms with Crippen molar-refractivity contribution in [2.24, 2.45) is 5.92 Å². The number of hydrogen-bond donors (Lipinski definition) is 2. The molecular formula is C15H24N2O2. The summed E-state index contributed by atoms with van der Waals surface area (Å²) in [6.07, 6.45) is -0.538. The molecule has 2 atom stereocenters. The molecule has 0 fully saturated rings. The number of carbonyl (C=O) groups is 1. The van der Waals surface area contributed by atoms with Gasteiger partial charge in [0.05, 0.1) is 6.10 Å². The van der Waals surface area contributed by atoms with Crippen LogP contribution >= 0.6 is 0 Å². The molecule has 2 N–H and O–H groups in total. The maximum atomic E-state index is 12.1. The number of amides is 2. The Kier molecular flexibility index (Phi) is 5.36. The molecule has 0 aromatic heterocycles. The average molecular weight is 264 g/mol. The highest BCUT2D eigenvalue weighted by molar-refractivity contribution is 5.89. The highest BCUT2D eigenvalue weighted by Crippen LogP contribution is 2.18. The summed E-state index contributed by atoms with van der Waals surface area (Å²) in [5.41, 5.74) is 1.49. The van der Waals surface area contributed by atoms with Gasteiger partial charge in [-0.3, -0.25) is 0 Å². The summed E-state index contributed by atoms with van der Waals surface area (Å²) in [5, 5.41) is 12.4. The molecule has 2 amide bonds. The van der Waals surface area contributed by atoms with E-state index in [9.17, 15) is 9.90 Å². The number of nitrogens with one attached hydrogen (secondary N) is 1. The number of hydrogen-bond acceptors (Lipinski definition) is 2. The van der Waals surface area contributed by atoms with Crippen LogP contribution in [0.1, 0.15) is 39.4 Å². The van der Waals surface area contributed by atoms with E-state index in [1.165, 1.54) is 0 Å². The molecule has 1 aromatic rings. The Hall–Kier alpha value is -1.55. The molecule has 2 unspecified atom stereocenters. The number of aliphatic hydroxyl groups excluding tert-OH is 1. The normalized spacial score (nSPS) is 14.1. The Morgan fingerprint density at radius 2 is 1.89 bits per heavy atom. The van der Waals surface area contributed by atoms with Crippen LogP contribution in [0.15, 0.2) is 24.3 Å². The molecule has 0 aliphatic carbocycles. The van der Waals surface area contributed by atoms with Crippen molar-refractivity contribution < 1.29 is 9.90 Å². The summed E-state index contributed by atoms with van der Waals surface area (Å²) in [7, 11) is 1.79. The van der Waals surface area contributed by atoms with Crippen LogP contribution in [-0.2, 0) is 0 Å². The minimum absolute atomic E-state index is 0.135. The number of urea groups is 1. The van der Waals surface area contributed by atoms with Crippen molar-refractivity contribution in [1.29, 1.82) is 0 Å². The summed E-state index contributed by atoms with van der Waals surface area (Å²) < 4.78 is 0. The molecule has 1 rings (SSSR count). The number of anilines is 1. The van der Waals surface area contributed by atoms with Gasteiger partial charge in [-0.25, -0.2) is 4.79 Å². The van der Waals surface area contributed by atoms with E-state index in [4.69, 9.17) is 0 Å². The second-order valence-corrected chi connectivity index (χ2v) is 5.33. The number of rotatable bonds is 4. The number of carbonyl (C=O) groups excluding carboxylic acids is 1. The first-order valence-electron chi connectivity index (χ1n) is 6.64. The molecule has 0 saturated carbocycles. The zero-order valence-electron chi connectivity index (χ0n) is 12.3. The van der Waals surface area contributed by atoms with Crippen molar-refractivity contribution in [3.05, 3.63) is 29.8 Å². The molecule has 19 heavy (non-hydrogen) atoms. The van der Waals surface area contributed by atoms with Crippen LogP contribution < -0.4 is 5.32 Å². The lowest BCUT2D eigenvalue weighted by Gasteiger charge is -2.28. The lowest BCUT2D eigenvalue weighted by molar-refractivity contribution is 0.192. The van der Waals surface area contributed by atoms with Crippen LogP contribution in [-0.4, -0.2) is 29.1 Å². The van der Waals surface area contributed by atoms with E-state index in [1.54, 1.807) is 24.9 Å². The second-order valence-electron chi connectivity index (χ2n) is 5.33. The highest BCUT2D eigenvalue weighted by Gasteiger charge is 2.18. The smallest absolute Gasteiger partial charge is 0.321 e. The summed E-state index contributed by atoms with van der Waals surface area (Å²) in [4.78, 5) is 13.8. The second kappa shape index (κ2) is 6.57. The van der Waals surface area contributed by atoms with E-state index in [0.717, 1.165) is 5.56 Å². The van der Waals surface area contributed by atoms with Crippen LogP contribution in [0.3, 0.4) is 0 Å². The SMILES string of the molecule is CC(O)c1cccc(NC(=O)N(C)C(C)C(C)C)c1.